The monoisotopic (exact) mass is 321 g/mol. The number of fused-ring (bicyclic) bond motifs is 1. The van der Waals surface area contributed by atoms with Crippen LogP contribution in [0.4, 0.5) is 0 Å². The SMILES string of the molecule is CNC(C(Cl)(Cl)Cl)C(C)(O)c1ccc2ccoc2c1. The van der Waals surface area contributed by atoms with Crippen LogP contribution in [0.15, 0.2) is 34.9 Å². The minimum Gasteiger partial charge on any atom is -0.464 e. The molecule has 3 nitrogen and oxygen atoms in total. The molecule has 2 atom stereocenters. The summed E-state index contributed by atoms with van der Waals surface area (Å²) in [5.41, 5.74) is -0.0707. The van der Waals surface area contributed by atoms with E-state index in [0.29, 0.717) is 11.1 Å². The minimum atomic E-state index is -1.64. The summed E-state index contributed by atoms with van der Waals surface area (Å²) in [6.07, 6.45) is 1.59. The van der Waals surface area contributed by atoms with Gasteiger partial charge in [-0.1, -0.05) is 46.9 Å². The largest absolute Gasteiger partial charge is 0.464 e. The summed E-state index contributed by atoms with van der Waals surface area (Å²) in [5.74, 6) is 0. The van der Waals surface area contributed by atoms with E-state index in [1.165, 1.54) is 0 Å². The molecule has 0 saturated heterocycles. The van der Waals surface area contributed by atoms with Crippen LogP contribution < -0.4 is 5.32 Å². The predicted molar refractivity (Wildman–Crippen MR) is 78.9 cm³/mol. The van der Waals surface area contributed by atoms with Crippen LogP contribution in [0, 0.1) is 0 Å². The highest BCUT2D eigenvalue weighted by Crippen LogP contribution is 2.40. The molecule has 2 aromatic rings. The first-order valence-corrected chi connectivity index (χ1v) is 6.84. The Hall–Kier alpha value is -0.450. The van der Waals surface area contributed by atoms with Crippen molar-refractivity contribution in [2.45, 2.75) is 22.4 Å². The van der Waals surface area contributed by atoms with Crippen molar-refractivity contribution in [1.29, 1.82) is 0 Å². The molecular weight excluding hydrogens is 309 g/mol. The van der Waals surface area contributed by atoms with Gasteiger partial charge in [-0.15, -0.1) is 0 Å². The van der Waals surface area contributed by atoms with E-state index in [0.717, 1.165) is 5.39 Å². The second-order valence-electron chi connectivity index (χ2n) is 4.58. The van der Waals surface area contributed by atoms with Crippen molar-refractivity contribution in [3.63, 3.8) is 0 Å². The summed E-state index contributed by atoms with van der Waals surface area (Å²) in [6.45, 7) is 1.60. The van der Waals surface area contributed by atoms with Crippen molar-refractivity contribution in [2.75, 3.05) is 7.05 Å². The Morgan fingerprint density at radius 2 is 1.95 bits per heavy atom. The summed E-state index contributed by atoms with van der Waals surface area (Å²) in [4.78, 5) is 0. The van der Waals surface area contributed by atoms with Gasteiger partial charge < -0.3 is 14.8 Å². The van der Waals surface area contributed by atoms with E-state index in [-0.39, 0.29) is 0 Å². The van der Waals surface area contributed by atoms with E-state index in [4.69, 9.17) is 39.2 Å². The summed E-state index contributed by atoms with van der Waals surface area (Å²) >= 11 is 17.7. The number of halogens is 3. The Bertz CT molecular complexity index is 575. The first-order valence-electron chi connectivity index (χ1n) is 5.71. The summed E-state index contributed by atoms with van der Waals surface area (Å²) < 4.78 is 3.68. The third-order valence-corrected chi connectivity index (χ3v) is 3.87. The van der Waals surface area contributed by atoms with Crippen LogP contribution in [0.1, 0.15) is 12.5 Å². The number of alkyl halides is 3. The Kier molecular flexibility index (Phi) is 4.05. The molecule has 0 aliphatic carbocycles. The highest BCUT2D eigenvalue weighted by atomic mass is 35.6. The van der Waals surface area contributed by atoms with Gasteiger partial charge in [0, 0.05) is 5.39 Å². The molecule has 19 heavy (non-hydrogen) atoms. The van der Waals surface area contributed by atoms with Gasteiger partial charge in [0.15, 0.2) is 0 Å². The molecule has 0 spiro atoms. The van der Waals surface area contributed by atoms with E-state index >= 15 is 0 Å². The Balaban J connectivity index is 2.47. The topological polar surface area (TPSA) is 45.4 Å². The fourth-order valence-corrected chi connectivity index (χ4v) is 3.16. The van der Waals surface area contributed by atoms with Crippen molar-refractivity contribution in [3.8, 4) is 0 Å². The molecule has 2 unspecified atom stereocenters. The molecule has 2 N–H and O–H groups in total. The van der Waals surface area contributed by atoms with Gasteiger partial charge in [0.2, 0.25) is 3.79 Å². The first-order chi connectivity index (χ1) is 8.76. The average molecular weight is 323 g/mol. The molecule has 104 valence electrons. The molecule has 0 amide bonds. The number of furan rings is 1. The van der Waals surface area contributed by atoms with E-state index in [2.05, 4.69) is 5.32 Å². The van der Waals surface area contributed by atoms with Crippen molar-refractivity contribution in [1.82, 2.24) is 5.32 Å². The van der Waals surface area contributed by atoms with Gasteiger partial charge in [0.25, 0.3) is 0 Å². The average Bonchev–Trinajstić information content (AvgIpc) is 2.73. The minimum absolute atomic E-state index is 0.612. The number of rotatable bonds is 3. The lowest BCUT2D eigenvalue weighted by atomic mass is 9.88. The molecule has 0 fully saturated rings. The highest BCUT2D eigenvalue weighted by molar-refractivity contribution is 6.68. The van der Waals surface area contributed by atoms with Crippen LogP contribution >= 0.6 is 34.8 Å². The van der Waals surface area contributed by atoms with Crippen molar-refractivity contribution >= 4 is 45.8 Å². The fraction of sp³-hybridized carbons (Fsp3) is 0.385. The Labute approximate surface area is 126 Å². The molecule has 0 aliphatic rings. The van der Waals surface area contributed by atoms with Gasteiger partial charge in [0.05, 0.1) is 12.3 Å². The third kappa shape index (κ3) is 2.86. The molecule has 2 rings (SSSR count). The quantitative estimate of drug-likeness (QED) is 0.849. The molecule has 6 heteroatoms. The number of benzene rings is 1. The number of likely N-dealkylation sites (N-methyl/N-ethyl adjacent to an activating group) is 1. The fourth-order valence-electron chi connectivity index (χ4n) is 2.20. The number of nitrogens with one attached hydrogen (secondary N) is 1. The second-order valence-corrected chi connectivity index (χ2v) is 6.95. The van der Waals surface area contributed by atoms with E-state index in [1.807, 2.05) is 12.1 Å². The van der Waals surface area contributed by atoms with Gasteiger partial charge in [-0.2, -0.15) is 0 Å². The van der Waals surface area contributed by atoms with Gasteiger partial charge in [0.1, 0.15) is 11.2 Å². The van der Waals surface area contributed by atoms with Crippen LogP contribution in [0.5, 0.6) is 0 Å². The lowest BCUT2D eigenvalue weighted by Gasteiger charge is -2.37. The molecule has 0 radical (unpaired) electrons. The maximum Gasteiger partial charge on any atom is 0.208 e. The molecule has 1 aromatic heterocycles. The van der Waals surface area contributed by atoms with Gasteiger partial charge in [-0.3, -0.25) is 0 Å². The zero-order chi connectivity index (χ0) is 14.3. The second kappa shape index (κ2) is 5.15. The van der Waals surface area contributed by atoms with E-state index in [9.17, 15) is 5.11 Å². The summed E-state index contributed by atoms with van der Waals surface area (Å²) in [6, 6.07) is 6.47. The van der Waals surface area contributed by atoms with Gasteiger partial charge in [-0.25, -0.2) is 0 Å². The van der Waals surface area contributed by atoms with Crippen LogP contribution in [-0.2, 0) is 5.60 Å². The molecule has 1 heterocycles. The first kappa shape index (κ1) is 14.9. The van der Waals surface area contributed by atoms with Gasteiger partial charge >= 0.3 is 0 Å². The van der Waals surface area contributed by atoms with E-state index in [1.54, 1.807) is 32.4 Å². The van der Waals surface area contributed by atoms with Crippen LogP contribution in [0.3, 0.4) is 0 Å². The Morgan fingerprint density at radius 3 is 2.53 bits per heavy atom. The predicted octanol–water partition coefficient (Wildman–Crippen LogP) is 3.60. The van der Waals surface area contributed by atoms with Gasteiger partial charge in [-0.05, 0) is 31.7 Å². The zero-order valence-electron chi connectivity index (χ0n) is 10.5. The van der Waals surface area contributed by atoms with Crippen molar-refractivity contribution in [3.05, 3.63) is 36.1 Å². The lowest BCUT2D eigenvalue weighted by Crippen LogP contribution is -2.53. The maximum atomic E-state index is 10.7. The summed E-state index contributed by atoms with van der Waals surface area (Å²) in [7, 11) is 1.63. The number of aliphatic hydroxyl groups is 1. The van der Waals surface area contributed by atoms with Crippen molar-refractivity contribution in [2.24, 2.45) is 0 Å². The molecule has 1 aromatic carbocycles. The Morgan fingerprint density at radius 1 is 1.26 bits per heavy atom. The highest BCUT2D eigenvalue weighted by Gasteiger charge is 2.45. The van der Waals surface area contributed by atoms with Crippen LogP contribution in [0.2, 0.25) is 0 Å². The smallest absolute Gasteiger partial charge is 0.208 e. The molecule has 0 bridgehead atoms. The van der Waals surface area contributed by atoms with Crippen LogP contribution in [0.25, 0.3) is 11.0 Å². The number of hydrogen-bond acceptors (Lipinski definition) is 3. The molecule has 0 saturated carbocycles. The third-order valence-electron chi connectivity index (χ3n) is 3.22. The van der Waals surface area contributed by atoms with Crippen LogP contribution in [-0.4, -0.2) is 22.0 Å². The summed E-state index contributed by atoms with van der Waals surface area (Å²) in [5, 5.41) is 14.5. The molecule has 0 aliphatic heterocycles. The molecular formula is C13H14Cl3NO2. The normalized spacial score (nSPS) is 17.4. The van der Waals surface area contributed by atoms with E-state index < -0.39 is 15.4 Å². The standard InChI is InChI=1S/C13H14Cl3NO2/c1-12(18,11(17-2)13(14,15)16)9-4-3-8-5-6-19-10(8)7-9/h3-7,11,17-18H,1-2H3. The zero-order valence-corrected chi connectivity index (χ0v) is 12.7. The number of hydrogen-bond donors (Lipinski definition) is 2. The lowest BCUT2D eigenvalue weighted by molar-refractivity contribution is 0.0191. The maximum absolute atomic E-state index is 10.7. The van der Waals surface area contributed by atoms with Crippen molar-refractivity contribution < 1.29 is 9.52 Å².